The largest absolute Gasteiger partial charge is 0.396 e. The lowest BCUT2D eigenvalue weighted by Crippen LogP contribution is -2.32. The van der Waals surface area contributed by atoms with E-state index in [1.807, 2.05) is 13.8 Å². The number of pyridine rings is 1. The Morgan fingerprint density at radius 3 is 2.82 bits per heavy atom. The summed E-state index contributed by atoms with van der Waals surface area (Å²) in [4.78, 5) is 27.0. The summed E-state index contributed by atoms with van der Waals surface area (Å²) < 4.78 is 0. The number of hydrogen-bond acceptors (Lipinski definition) is 3. The monoisotopic (exact) mass is 306 g/mol. The van der Waals surface area contributed by atoms with Crippen LogP contribution in [0.5, 0.6) is 0 Å². The van der Waals surface area contributed by atoms with Crippen molar-refractivity contribution in [1.82, 2.24) is 10.3 Å². The van der Waals surface area contributed by atoms with Crippen molar-refractivity contribution < 1.29 is 9.90 Å². The van der Waals surface area contributed by atoms with E-state index in [0.29, 0.717) is 6.54 Å². The van der Waals surface area contributed by atoms with Crippen LogP contribution < -0.4 is 10.9 Å². The first-order valence-corrected chi connectivity index (χ1v) is 8.07. The van der Waals surface area contributed by atoms with Gasteiger partial charge in [0.25, 0.3) is 11.5 Å². The average Bonchev–Trinajstić information content (AvgIpc) is 2.50. The number of nitrogens with one attached hydrogen (secondary N) is 2. The number of H-pyrrole nitrogens is 1. The van der Waals surface area contributed by atoms with Gasteiger partial charge in [0.1, 0.15) is 5.56 Å². The molecule has 1 aromatic rings. The molecule has 1 aromatic heterocycles. The number of rotatable bonds is 6. The number of fused-ring (bicyclic) bond motifs is 1. The van der Waals surface area contributed by atoms with Crippen molar-refractivity contribution in [2.24, 2.45) is 5.41 Å². The average molecular weight is 306 g/mol. The second-order valence-corrected chi connectivity index (χ2v) is 6.90. The minimum absolute atomic E-state index is 0.130. The number of aliphatic hydroxyl groups excluding tert-OH is 1. The van der Waals surface area contributed by atoms with E-state index >= 15 is 0 Å². The molecule has 122 valence electrons. The molecule has 5 nitrogen and oxygen atoms in total. The lowest BCUT2D eigenvalue weighted by molar-refractivity contribution is 0.0947. The number of aromatic amines is 1. The lowest BCUT2D eigenvalue weighted by atomic mass is 9.89. The van der Waals surface area contributed by atoms with Crippen molar-refractivity contribution in [3.8, 4) is 0 Å². The Morgan fingerprint density at radius 1 is 1.36 bits per heavy atom. The molecule has 2 rings (SSSR count). The van der Waals surface area contributed by atoms with Gasteiger partial charge < -0.3 is 15.4 Å². The van der Waals surface area contributed by atoms with Gasteiger partial charge in [-0.25, -0.2) is 0 Å². The molecule has 1 aliphatic carbocycles. The number of hydrogen-bond donors (Lipinski definition) is 3. The fourth-order valence-corrected chi connectivity index (χ4v) is 2.79. The molecule has 5 heteroatoms. The Hall–Kier alpha value is -1.62. The van der Waals surface area contributed by atoms with Gasteiger partial charge in [-0.15, -0.1) is 0 Å². The van der Waals surface area contributed by atoms with E-state index in [1.54, 1.807) is 6.07 Å². The van der Waals surface area contributed by atoms with Crippen molar-refractivity contribution >= 4 is 5.91 Å². The molecule has 1 amide bonds. The van der Waals surface area contributed by atoms with Crippen LogP contribution in [0.2, 0.25) is 0 Å². The summed E-state index contributed by atoms with van der Waals surface area (Å²) in [6.45, 7) is 4.62. The van der Waals surface area contributed by atoms with Crippen LogP contribution in [0.1, 0.15) is 61.1 Å². The minimum atomic E-state index is -0.309. The molecule has 0 unspecified atom stereocenters. The molecule has 0 bridgehead atoms. The molecule has 1 heterocycles. The van der Waals surface area contributed by atoms with Crippen LogP contribution in [0.3, 0.4) is 0 Å². The van der Waals surface area contributed by atoms with E-state index in [1.165, 1.54) is 0 Å². The molecule has 1 aliphatic rings. The van der Waals surface area contributed by atoms with Crippen LogP contribution in [-0.2, 0) is 12.8 Å². The van der Waals surface area contributed by atoms with Crippen LogP contribution in [0.25, 0.3) is 0 Å². The first kappa shape index (κ1) is 16.7. The van der Waals surface area contributed by atoms with Gasteiger partial charge in [0.05, 0.1) is 0 Å². The van der Waals surface area contributed by atoms with Crippen molar-refractivity contribution in [1.29, 1.82) is 0 Å². The third-order valence-electron chi connectivity index (χ3n) is 4.33. The number of carbonyl (C=O) groups is 1. The lowest BCUT2D eigenvalue weighted by Gasteiger charge is -2.21. The fourth-order valence-electron chi connectivity index (χ4n) is 2.79. The maximum atomic E-state index is 12.2. The van der Waals surface area contributed by atoms with E-state index in [2.05, 4.69) is 10.3 Å². The molecule has 0 saturated carbocycles. The maximum absolute atomic E-state index is 12.2. The van der Waals surface area contributed by atoms with Crippen LogP contribution in [0.4, 0.5) is 0 Å². The smallest absolute Gasteiger partial charge is 0.261 e. The zero-order valence-electron chi connectivity index (χ0n) is 13.5. The highest BCUT2D eigenvalue weighted by Gasteiger charge is 2.18. The van der Waals surface area contributed by atoms with Gasteiger partial charge in [-0.3, -0.25) is 9.59 Å². The van der Waals surface area contributed by atoms with E-state index in [4.69, 9.17) is 0 Å². The molecule has 0 radical (unpaired) electrons. The first-order valence-electron chi connectivity index (χ1n) is 8.07. The molecule has 0 spiro atoms. The van der Waals surface area contributed by atoms with Gasteiger partial charge in [-0.1, -0.05) is 13.8 Å². The highest BCUT2D eigenvalue weighted by molar-refractivity contribution is 5.94. The van der Waals surface area contributed by atoms with E-state index in [9.17, 15) is 14.7 Å². The number of aryl methyl sites for hydroxylation is 2. The summed E-state index contributed by atoms with van der Waals surface area (Å²) in [5, 5.41) is 12.0. The van der Waals surface area contributed by atoms with Crippen LogP contribution in [-0.4, -0.2) is 29.1 Å². The van der Waals surface area contributed by atoms with Crippen molar-refractivity contribution in [2.75, 3.05) is 13.2 Å². The van der Waals surface area contributed by atoms with Gasteiger partial charge in [0, 0.05) is 18.8 Å². The summed E-state index contributed by atoms with van der Waals surface area (Å²) in [7, 11) is 0. The third-order valence-corrected chi connectivity index (χ3v) is 4.33. The quantitative estimate of drug-likeness (QED) is 0.701. The van der Waals surface area contributed by atoms with Crippen LogP contribution in [0, 0.1) is 5.41 Å². The Morgan fingerprint density at radius 2 is 2.09 bits per heavy atom. The number of carbonyl (C=O) groups excluding carboxylic acids is 1. The summed E-state index contributed by atoms with van der Waals surface area (Å²) in [5.41, 5.74) is 1.86. The van der Waals surface area contributed by atoms with E-state index in [-0.39, 0.29) is 29.1 Å². The first-order chi connectivity index (χ1) is 10.4. The standard InChI is InChI=1S/C17H26N2O3/c1-17(2,11-20)8-5-9-18-15(21)13-10-12-6-3-4-7-14(12)19-16(13)22/h10,20H,3-9,11H2,1-2H3,(H,18,21)(H,19,22). The van der Waals surface area contributed by atoms with Gasteiger partial charge in [0.15, 0.2) is 0 Å². The maximum Gasteiger partial charge on any atom is 0.261 e. The summed E-state index contributed by atoms with van der Waals surface area (Å²) >= 11 is 0. The van der Waals surface area contributed by atoms with Gasteiger partial charge in [-0.2, -0.15) is 0 Å². The Bertz CT molecular complexity index is 590. The highest BCUT2D eigenvalue weighted by Crippen LogP contribution is 2.20. The second-order valence-electron chi connectivity index (χ2n) is 6.90. The van der Waals surface area contributed by atoms with E-state index < -0.39 is 0 Å². The minimum Gasteiger partial charge on any atom is -0.396 e. The molecule has 3 N–H and O–H groups in total. The summed E-state index contributed by atoms with van der Waals surface area (Å²) in [6.07, 6.45) is 5.62. The summed E-state index contributed by atoms with van der Waals surface area (Å²) in [6, 6.07) is 1.75. The number of aliphatic hydroxyl groups is 1. The molecule has 22 heavy (non-hydrogen) atoms. The van der Waals surface area contributed by atoms with Crippen LogP contribution >= 0.6 is 0 Å². The van der Waals surface area contributed by atoms with Crippen molar-refractivity contribution in [3.63, 3.8) is 0 Å². The van der Waals surface area contributed by atoms with Crippen molar-refractivity contribution in [3.05, 3.63) is 33.2 Å². The number of amides is 1. The zero-order chi connectivity index (χ0) is 16.2. The number of aromatic nitrogens is 1. The topological polar surface area (TPSA) is 82.2 Å². The third kappa shape index (κ3) is 4.19. The van der Waals surface area contributed by atoms with E-state index in [0.717, 1.165) is 49.8 Å². The second kappa shape index (κ2) is 7.09. The molecule has 0 aliphatic heterocycles. The highest BCUT2D eigenvalue weighted by atomic mass is 16.3. The normalized spacial score (nSPS) is 14.5. The van der Waals surface area contributed by atoms with Gasteiger partial charge in [-0.05, 0) is 55.6 Å². The molecule has 0 fully saturated rings. The Kier molecular flexibility index (Phi) is 5.40. The Balaban J connectivity index is 1.94. The van der Waals surface area contributed by atoms with Gasteiger partial charge >= 0.3 is 0 Å². The zero-order valence-corrected chi connectivity index (χ0v) is 13.5. The molecule has 0 saturated heterocycles. The SMILES string of the molecule is CC(C)(CO)CCCNC(=O)c1cc2c([nH]c1=O)CCCC2. The molecular weight excluding hydrogens is 280 g/mol. The molecule has 0 atom stereocenters. The molecule has 0 aromatic carbocycles. The van der Waals surface area contributed by atoms with Crippen molar-refractivity contribution in [2.45, 2.75) is 52.4 Å². The van der Waals surface area contributed by atoms with Gasteiger partial charge in [0.2, 0.25) is 0 Å². The Labute approximate surface area is 131 Å². The fraction of sp³-hybridized carbons (Fsp3) is 0.647. The predicted octanol–water partition coefficient (Wildman–Crippen LogP) is 1.78. The summed E-state index contributed by atoms with van der Waals surface area (Å²) in [5.74, 6) is -0.309. The molecular formula is C17H26N2O3. The van der Waals surface area contributed by atoms with Crippen LogP contribution in [0.15, 0.2) is 10.9 Å². The predicted molar refractivity (Wildman–Crippen MR) is 86.1 cm³/mol.